The molecule has 3 N–H and O–H groups in total. The highest BCUT2D eigenvalue weighted by Gasteiger charge is 2.20. The zero-order valence-electron chi connectivity index (χ0n) is 15.0. The molecule has 0 heterocycles. The van der Waals surface area contributed by atoms with Crippen molar-refractivity contribution >= 4 is 31.3 Å². The average Bonchev–Trinajstić information content (AvgIpc) is 2.53. The summed E-state index contributed by atoms with van der Waals surface area (Å²) in [5.74, 6) is 0.275. The normalized spacial score (nSPS) is 14.1. The van der Waals surface area contributed by atoms with E-state index < -0.39 is 14.3 Å². The number of carbonyl (C=O) groups is 1. The minimum Gasteiger partial charge on any atom is -0.330 e. The average molecular weight is 389 g/mol. The van der Waals surface area contributed by atoms with Gasteiger partial charge >= 0.3 is 0 Å². The summed E-state index contributed by atoms with van der Waals surface area (Å²) in [4.78, 5) is 11.8. The minimum absolute atomic E-state index is 0.00564. The van der Waals surface area contributed by atoms with E-state index in [9.17, 15) is 13.2 Å². The van der Waals surface area contributed by atoms with Crippen LogP contribution in [0, 0.1) is 5.92 Å². The van der Waals surface area contributed by atoms with Crippen LogP contribution in [0.1, 0.15) is 51.5 Å². The Bertz CT molecular complexity index is 632. The molecule has 7 heteroatoms. The van der Waals surface area contributed by atoms with Crippen LogP contribution in [0.2, 0.25) is 0 Å². The first-order chi connectivity index (χ1) is 11.7. The van der Waals surface area contributed by atoms with Gasteiger partial charge in [-0.1, -0.05) is 19.1 Å². The van der Waals surface area contributed by atoms with Gasteiger partial charge in [0, 0.05) is 22.8 Å². The molecule has 0 saturated heterocycles. The van der Waals surface area contributed by atoms with Crippen LogP contribution in [0.4, 0.5) is 5.69 Å². The molecule has 0 bridgehead atoms. The Balaban J connectivity index is 2.40. The standard InChI is InChI=1S/C18H29ClN2O3S/c1-14(13-15(2)25(19,23)24)6-7-16-8-10-17(11-9-16)21-18(22)5-3-4-12-20/h8-11,14-15H,3-7,12-13,20H2,1-2H3,(H,21,22). The lowest BCUT2D eigenvalue weighted by molar-refractivity contribution is -0.116. The number of carbonyl (C=O) groups excluding carboxylic acids is 1. The smallest absolute Gasteiger partial charge is 0.235 e. The molecule has 0 aliphatic heterocycles. The first-order valence-corrected chi connectivity index (χ1v) is 11.1. The first-order valence-electron chi connectivity index (χ1n) is 8.74. The Kier molecular flexibility index (Phi) is 9.46. The van der Waals surface area contributed by atoms with Crippen molar-refractivity contribution in [2.75, 3.05) is 11.9 Å². The molecule has 1 aromatic carbocycles. The predicted molar refractivity (Wildman–Crippen MR) is 104 cm³/mol. The van der Waals surface area contributed by atoms with Crippen molar-refractivity contribution in [2.45, 2.75) is 57.6 Å². The van der Waals surface area contributed by atoms with Crippen molar-refractivity contribution in [3.05, 3.63) is 29.8 Å². The van der Waals surface area contributed by atoms with Crippen molar-refractivity contribution in [3.8, 4) is 0 Å². The van der Waals surface area contributed by atoms with E-state index in [1.807, 2.05) is 31.2 Å². The molecule has 1 aromatic rings. The fourth-order valence-electron chi connectivity index (χ4n) is 2.62. The summed E-state index contributed by atoms with van der Waals surface area (Å²) in [6, 6.07) is 7.77. The van der Waals surface area contributed by atoms with Crippen molar-refractivity contribution in [3.63, 3.8) is 0 Å². The van der Waals surface area contributed by atoms with Crippen LogP contribution in [0.5, 0.6) is 0 Å². The van der Waals surface area contributed by atoms with E-state index in [1.54, 1.807) is 6.92 Å². The Morgan fingerprint density at radius 2 is 1.84 bits per heavy atom. The maximum absolute atomic E-state index is 11.8. The van der Waals surface area contributed by atoms with Gasteiger partial charge < -0.3 is 11.1 Å². The fraction of sp³-hybridized carbons (Fsp3) is 0.611. The third-order valence-corrected chi connectivity index (χ3v) is 6.30. The van der Waals surface area contributed by atoms with Gasteiger partial charge in [0.25, 0.3) is 0 Å². The van der Waals surface area contributed by atoms with Crippen LogP contribution >= 0.6 is 10.7 Å². The van der Waals surface area contributed by atoms with E-state index in [2.05, 4.69) is 5.32 Å². The summed E-state index contributed by atoms with van der Waals surface area (Å²) in [6.45, 7) is 4.29. The number of benzene rings is 1. The molecule has 0 spiro atoms. The third-order valence-electron chi connectivity index (χ3n) is 4.24. The minimum atomic E-state index is -3.48. The van der Waals surface area contributed by atoms with Crippen molar-refractivity contribution in [1.82, 2.24) is 0 Å². The summed E-state index contributed by atoms with van der Waals surface area (Å²) in [6.07, 6.45) is 4.45. The largest absolute Gasteiger partial charge is 0.330 e. The highest BCUT2D eigenvalue weighted by atomic mass is 35.7. The van der Waals surface area contributed by atoms with Gasteiger partial charge in [0.1, 0.15) is 0 Å². The number of nitrogens with two attached hydrogens (primary N) is 1. The van der Waals surface area contributed by atoms with Crippen LogP contribution in [0.3, 0.4) is 0 Å². The molecular weight excluding hydrogens is 360 g/mol. The summed E-state index contributed by atoms with van der Waals surface area (Å²) in [5, 5.41) is 2.35. The van der Waals surface area contributed by atoms with Crippen molar-refractivity contribution in [1.29, 1.82) is 0 Å². The molecule has 0 fully saturated rings. The van der Waals surface area contributed by atoms with Crippen LogP contribution in [-0.2, 0) is 20.3 Å². The van der Waals surface area contributed by atoms with E-state index in [-0.39, 0.29) is 11.8 Å². The number of hydrogen-bond donors (Lipinski definition) is 2. The molecule has 142 valence electrons. The zero-order valence-corrected chi connectivity index (χ0v) is 16.6. The quantitative estimate of drug-likeness (QED) is 0.447. The lowest BCUT2D eigenvalue weighted by Crippen LogP contribution is -2.16. The molecule has 0 radical (unpaired) electrons. The lowest BCUT2D eigenvalue weighted by Gasteiger charge is -2.15. The zero-order chi connectivity index (χ0) is 18.9. The van der Waals surface area contributed by atoms with Crippen LogP contribution < -0.4 is 11.1 Å². The number of rotatable bonds is 11. The molecule has 1 rings (SSSR count). The summed E-state index contributed by atoms with van der Waals surface area (Å²) < 4.78 is 22.5. The maximum atomic E-state index is 11.8. The van der Waals surface area contributed by atoms with Gasteiger partial charge in [-0.2, -0.15) is 0 Å². The van der Waals surface area contributed by atoms with E-state index in [1.165, 1.54) is 0 Å². The number of hydrogen-bond acceptors (Lipinski definition) is 4. The number of unbranched alkanes of at least 4 members (excludes halogenated alkanes) is 1. The van der Waals surface area contributed by atoms with Gasteiger partial charge in [-0.15, -0.1) is 0 Å². The number of amides is 1. The number of halogens is 1. The SMILES string of the molecule is CC(CCc1ccc(NC(=O)CCCCN)cc1)CC(C)S(=O)(=O)Cl. The molecule has 0 aromatic heterocycles. The third kappa shape index (κ3) is 9.23. The van der Waals surface area contributed by atoms with Gasteiger partial charge in [-0.25, -0.2) is 8.42 Å². The fourth-order valence-corrected chi connectivity index (χ4v) is 3.40. The molecule has 5 nitrogen and oxygen atoms in total. The second-order valence-electron chi connectivity index (χ2n) is 6.66. The summed E-state index contributed by atoms with van der Waals surface area (Å²) in [7, 11) is 1.89. The van der Waals surface area contributed by atoms with Gasteiger partial charge in [0.05, 0.1) is 5.25 Å². The molecule has 0 aliphatic carbocycles. The summed E-state index contributed by atoms with van der Waals surface area (Å²) in [5.41, 5.74) is 7.36. The monoisotopic (exact) mass is 388 g/mol. The van der Waals surface area contributed by atoms with E-state index >= 15 is 0 Å². The second kappa shape index (κ2) is 10.8. The molecule has 0 saturated carbocycles. The van der Waals surface area contributed by atoms with Crippen LogP contribution in [0.25, 0.3) is 0 Å². The second-order valence-corrected chi connectivity index (χ2v) is 9.70. The number of nitrogens with one attached hydrogen (secondary N) is 1. The molecule has 2 atom stereocenters. The van der Waals surface area contributed by atoms with E-state index in [0.29, 0.717) is 19.4 Å². The van der Waals surface area contributed by atoms with Crippen LogP contribution in [-0.4, -0.2) is 26.1 Å². The van der Waals surface area contributed by atoms with Gasteiger partial charge in [0.15, 0.2) is 0 Å². The Labute approximate surface area is 155 Å². The molecular formula is C18H29ClN2O3S. The van der Waals surface area contributed by atoms with E-state index in [0.717, 1.165) is 36.9 Å². The van der Waals surface area contributed by atoms with Gasteiger partial charge in [-0.3, -0.25) is 4.79 Å². The number of aryl methyl sites for hydroxylation is 1. The van der Waals surface area contributed by atoms with Crippen LogP contribution in [0.15, 0.2) is 24.3 Å². The predicted octanol–water partition coefficient (Wildman–Crippen LogP) is 3.67. The lowest BCUT2D eigenvalue weighted by atomic mass is 9.97. The van der Waals surface area contributed by atoms with Crippen molar-refractivity contribution < 1.29 is 13.2 Å². The number of anilines is 1. The van der Waals surface area contributed by atoms with E-state index in [4.69, 9.17) is 16.4 Å². The first kappa shape index (κ1) is 21.9. The summed E-state index contributed by atoms with van der Waals surface area (Å²) >= 11 is 0. The topological polar surface area (TPSA) is 89.3 Å². The molecule has 0 aliphatic rings. The van der Waals surface area contributed by atoms with Gasteiger partial charge in [0.2, 0.25) is 15.0 Å². The maximum Gasteiger partial charge on any atom is 0.235 e. The highest BCUT2D eigenvalue weighted by molar-refractivity contribution is 8.14. The van der Waals surface area contributed by atoms with Crippen molar-refractivity contribution in [2.24, 2.45) is 11.7 Å². The Hall–Kier alpha value is -1.11. The van der Waals surface area contributed by atoms with Gasteiger partial charge in [-0.05, 0) is 69.2 Å². The molecule has 2 unspecified atom stereocenters. The highest BCUT2D eigenvalue weighted by Crippen LogP contribution is 2.21. The Morgan fingerprint density at radius 3 is 2.40 bits per heavy atom. The Morgan fingerprint density at radius 1 is 1.20 bits per heavy atom. The molecule has 1 amide bonds. The molecule has 25 heavy (non-hydrogen) atoms.